The van der Waals surface area contributed by atoms with Gasteiger partial charge in [-0.05, 0) is 91.6 Å². The van der Waals surface area contributed by atoms with Crippen LogP contribution in [0, 0.1) is 5.92 Å². The number of para-hydroxylation sites is 2. The van der Waals surface area contributed by atoms with E-state index in [1.165, 1.54) is 40.0 Å². The normalized spacial score (nSPS) is 18.4. The first kappa shape index (κ1) is 38.0. The molecule has 64 heavy (non-hydrogen) atoms. The van der Waals surface area contributed by atoms with Crippen LogP contribution in [-0.2, 0) is 0 Å². The van der Waals surface area contributed by atoms with Gasteiger partial charge < -0.3 is 9.80 Å². The number of rotatable bonds is 7. The number of aromatic nitrogens is 4. The molecule has 308 valence electrons. The molecule has 4 heterocycles. The van der Waals surface area contributed by atoms with Crippen LogP contribution in [0.1, 0.15) is 61.2 Å². The molecule has 5 aromatic carbocycles. The molecule has 0 saturated heterocycles. The van der Waals surface area contributed by atoms with E-state index in [0.29, 0.717) is 11.6 Å². The summed E-state index contributed by atoms with van der Waals surface area (Å²) < 4.78 is 0. The van der Waals surface area contributed by atoms with Gasteiger partial charge in [-0.3, -0.25) is 0 Å². The Morgan fingerprint density at radius 2 is 1.19 bits per heavy atom. The summed E-state index contributed by atoms with van der Waals surface area (Å²) >= 11 is 0. The van der Waals surface area contributed by atoms with Crippen LogP contribution in [0.15, 0.2) is 194 Å². The highest BCUT2D eigenvalue weighted by Crippen LogP contribution is 2.57. The summed E-state index contributed by atoms with van der Waals surface area (Å²) in [4.78, 5) is 25.8. The maximum Gasteiger partial charge on any atom is 0.164 e. The molecule has 2 unspecified atom stereocenters. The van der Waals surface area contributed by atoms with Gasteiger partial charge in [0.25, 0.3) is 0 Å². The molecule has 5 aliphatic rings. The molecule has 0 spiro atoms. The van der Waals surface area contributed by atoms with Crippen molar-refractivity contribution in [2.24, 2.45) is 5.92 Å². The van der Waals surface area contributed by atoms with Crippen molar-refractivity contribution >= 4 is 45.2 Å². The Morgan fingerprint density at radius 3 is 1.97 bits per heavy atom. The highest BCUT2D eigenvalue weighted by molar-refractivity contribution is 6.11. The van der Waals surface area contributed by atoms with Crippen molar-refractivity contribution in [3.05, 3.63) is 217 Å². The quantitative estimate of drug-likeness (QED) is 0.160. The molecule has 6 heteroatoms. The van der Waals surface area contributed by atoms with Gasteiger partial charge in [-0.15, -0.1) is 0 Å². The Bertz CT molecular complexity index is 3140. The Morgan fingerprint density at radius 1 is 0.500 bits per heavy atom. The van der Waals surface area contributed by atoms with E-state index in [9.17, 15) is 0 Å². The first-order valence-electron chi connectivity index (χ1n) is 22.7. The Labute approximate surface area is 374 Å². The summed E-state index contributed by atoms with van der Waals surface area (Å²) in [5.74, 6) is 2.25. The van der Waals surface area contributed by atoms with Crippen LogP contribution < -0.4 is 9.80 Å². The molecule has 2 aliphatic heterocycles. The Kier molecular flexibility index (Phi) is 9.63. The van der Waals surface area contributed by atoms with Gasteiger partial charge >= 0.3 is 0 Å². The van der Waals surface area contributed by atoms with Gasteiger partial charge in [0.15, 0.2) is 17.5 Å². The van der Waals surface area contributed by atoms with Crippen molar-refractivity contribution in [1.82, 2.24) is 19.9 Å². The molecule has 6 nitrogen and oxygen atoms in total. The summed E-state index contributed by atoms with van der Waals surface area (Å²) in [7, 11) is 0. The van der Waals surface area contributed by atoms with E-state index in [2.05, 4.69) is 186 Å². The lowest BCUT2D eigenvalue weighted by Gasteiger charge is -2.34. The highest BCUT2D eigenvalue weighted by Gasteiger charge is 2.44. The number of pyridine rings is 1. The second-order valence-electron chi connectivity index (χ2n) is 17.1. The van der Waals surface area contributed by atoms with E-state index in [1.807, 2.05) is 18.2 Å². The second-order valence-corrected chi connectivity index (χ2v) is 17.1. The third-order valence-corrected chi connectivity index (χ3v) is 13.1. The Balaban J connectivity index is 1.04. The van der Waals surface area contributed by atoms with Crippen LogP contribution in [0.3, 0.4) is 0 Å². The van der Waals surface area contributed by atoms with Crippen molar-refractivity contribution in [2.75, 3.05) is 9.80 Å². The number of hydrogen-bond donors (Lipinski definition) is 0. The lowest BCUT2D eigenvalue weighted by molar-refractivity contribution is 0.714. The predicted molar refractivity (Wildman–Crippen MR) is 263 cm³/mol. The van der Waals surface area contributed by atoms with Gasteiger partial charge in [-0.2, -0.15) is 0 Å². The van der Waals surface area contributed by atoms with Crippen molar-refractivity contribution < 1.29 is 0 Å². The van der Waals surface area contributed by atoms with E-state index in [1.54, 1.807) is 0 Å². The molecule has 0 N–H and O–H groups in total. The SMILES string of the molecule is C1=CC2C3=C(c4ccccc4N(c4cccc(-c5nc(C6=CCCCC6)nc(-c6ccccc6)n5)c4)c4ccccc43)N(c3cc(C4=CCCC=C4)nc(-c4ccccc4)c3)C2C=C1. The topological polar surface area (TPSA) is 58.0 Å². The van der Waals surface area contributed by atoms with Gasteiger partial charge in [0.1, 0.15) is 0 Å². The lowest BCUT2D eigenvalue weighted by Crippen LogP contribution is -2.33. The van der Waals surface area contributed by atoms with Crippen LogP contribution in [0.2, 0.25) is 0 Å². The van der Waals surface area contributed by atoms with Crippen LogP contribution in [0.4, 0.5) is 22.7 Å². The van der Waals surface area contributed by atoms with E-state index in [0.717, 1.165) is 88.8 Å². The molecule has 0 saturated carbocycles. The fourth-order valence-electron chi connectivity index (χ4n) is 10.2. The zero-order chi connectivity index (χ0) is 42.4. The van der Waals surface area contributed by atoms with E-state index < -0.39 is 0 Å². The Hall–Kier alpha value is -7.70. The second kappa shape index (κ2) is 16.2. The average molecular weight is 827 g/mol. The molecule has 0 amide bonds. The molecule has 2 aromatic heterocycles. The molecule has 12 rings (SSSR count). The monoisotopic (exact) mass is 826 g/mol. The summed E-state index contributed by atoms with van der Waals surface area (Å²) in [6.07, 6.45) is 24.8. The zero-order valence-electron chi connectivity index (χ0n) is 35.6. The standard InChI is InChI=1S/C58H46N6/c1-5-20-39(21-6-1)49-37-45(38-50(59-49)40-22-7-2-8-23-40)64-52-34-17-14-31-47(52)54-46-30-13-16-33-51(46)63(53-35-18-15-32-48(53)55(54)64)44-29-19-28-43(36-44)58-61-56(41-24-9-3-10-25-41)60-57(62-58)42-26-11-4-12-27-42/h1,3,5-7,9-10,13-26,28-38,47,52H,2,4,8,11-12,27H2. The van der Waals surface area contributed by atoms with Crippen LogP contribution in [-0.4, -0.2) is 26.0 Å². The first-order chi connectivity index (χ1) is 31.7. The maximum absolute atomic E-state index is 5.33. The summed E-state index contributed by atoms with van der Waals surface area (Å²) in [6.45, 7) is 0. The van der Waals surface area contributed by atoms with Crippen LogP contribution in [0.5, 0.6) is 0 Å². The number of hydrogen-bond acceptors (Lipinski definition) is 6. The molecule has 7 aromatic rings. The number of allylic oxidation sites excluding steroid dienone is 8. The van der Waals surface area contributed by atoms with Gasteiger partial charge in [-0.25, -0.2) is 19.9 Å². The van der Waals surface area contributed by atoms with Crippen molar-refractivity contribution in [3.8, 4) is 34.0 Å². The summed E-state index contributed by atoms with van der Waals surface area (Å²) in [5, 5.41) is 0. The van der Waals surface area contributed by atoms with Crippen molar-refractivity contribution in [1.29, 1.82) is 0 Å². The first-order valence-corrected chi connectivity index (χ1v) is 22.7. The molecule has 0 fully saturated rings. The molecule has 0 radical (unpaired) electrons. The van der Waals surface area contributed by atoms with Crippen molar-refractivity contribution in [3.63, 3.8) is 0 Å². The molecular weight excluding hydrogens is 781 g/mol. The summed E-state index contributed by atoms with van der Waals surface area (Å²) in [5.41, 5.74) is 16.7. The van der Waals surface area contributed by atoms with E-state index in [-0.39, 0.29) is 12.0 Å². The fourth-order valence-corrected chi connectivity index (χ4v) is 10.2. The van der Waals surface area contributed by atoms with E-state index >= 15 is 0 Å². The van der Waals surface area contributed by atoms with E-state index in [4.69, 9.17) is 19.9 Å². The highest BCUT2D eigenvalue weighted by atomic mass is 15.2. The average Bonchev–Trinajstić information content (AvgIpc) is 3.66. The third-order valence-electron chi connectivity index (χ3n) is 13.1. The van der Waals surface area contributed by atoms with Gasteiger partial charge in [0.2, 0.25) is 0 Å². The maximum atomic E-state index is 5.33. The number of anilines is 4. The third kappa shape index (κ3) is 6.74. The van der Waals surface area contributed by atoms with Gasteiger partial charge in [0, 0.05) is 45.1 Å². The van der Waals surface area contributed by atoms with Gasteiger partial charge in [0.05, 0.1) is 34.5 Å². The van der Waals surface area contributed by atoms with Crippen molar-refractivity contribution in [2.45, 2.75) is 44.6 Å². The summed E-state index contributed by atoms with van der Waals surface area (Å²) in [6, 6.07) is 52.2. The fraction of sp³-hybridized carbons (Fsp3) is 0.138. The minimum Gasteiger partial charge on any atom is -0.333 e. The van der Waals surface area contributed by atoms with Crippen LogP contribution >= 0.6 is 0 Å². The molecular formula is C58H46N6. The van der Waals surface area contributed by atoms with Crippen LogP contribution in [0.25, 0.3) is 56.4 Å². The predicted octanol–water partition coefficient (Wildman–Crippen LogP) is 14.2. The zero-order valence-corrected chi connectivity index (χ0v) is 35.6. The number of fused-ring (bicyclic) bond motifs is 6. The smallest absolute Gasteiger partial charge is 0.164 e. The minimum absolute atomic E-state index is 0.0665. The molecule has 3 aliphatic carbocycles. The van der Waals surface area contributed by atoms with Gasteiger partial charge in [-0.1, -0.05) is 158 Å². The molecule has 0 bridgehead atoms. The lowest BCUT2D eigenvalue weighted by atomic mass is 9.85. The minimum atomic E-state index is 0.0665. The number of benzene rings is 5. The number of nitrogens with zero attached hydrogens (tertiary/aromatic N) is 6. The molecule has 2 atom stereocenters. The largest absolute Gasteiger partial charge is 0.333 e.